The van der Waals surface area contributed by atoms with Crippen molar-refractivity contribution in [3.05, 3.63) is 102 Å². The van der Waals surface area contributed by atoms with Crippen LogP contribution in [0.5, 0.6) is 0 Å². The molecule has 0 unspecified atom stereocenters. The van der Waals surface area contributed by atoms with Gasteiger partial charge in [0, 0.05) is 108 Å². The van der Waals surface area contributed by atoms with E-state index in [1.54, 1.807) is 56.6 Å². The van der Waals surface area contributed by atoms with Gasteiger partial charge in [-0.3, -0.25) is 14.6 Å². The average Bonchev–Trinajstić information content (AvgIpc) is 3.38. The minimum atomic E-state index is -3.55. The highest BCUT2D eigenvalue weighted by Crippen LogP contribution is 2.31. The summed E-state index contributed by atoms with van der Waals surface area (Å²) in [5, 5.41) is 12.5. The van der Waals surface area contributed by atoms with Gasteiger partial charge in [0.1, 0.15) is 28.8 Å². The molecule has 8 rings (SSSR count). The zero-order chi connectivity index (χ0) is 49.6. The molecule has 3 aromatic carbocycles. The third kappa shape index (κ3) is 14.6. The van der Waals surface area contributed by atoms with Gasteiger partial charge in [0.05, 0.1) is 55.0 Å². The Bertz CT molecular complexity index is 2620. The monoisotopic (exact) mass is 1010 g/mol. The Kier molecular flexibility index (Phi) is 18.1. The molecule has 0 spiro atoms. The van der Waals surface area contributed by atoms with Gasteiger partial charge < -0.3 is 45.4 Å². The Morgan fingerprint density at radius 2 is 1.54 bits per heavy atom. The number of amides is 1. The van der Waals surface area contributed by atoms with E-state index < -0.39 is 15.1 Å². The molecule has 0 bridgehead atoms. The highest BCUT2D eigenvalue weighted by atomic mass is 35.5. The number of hydrogen-bond donors (Lipinski definition) is 4. The van der Waals surface area contributed by atoms with Crippen molar-refractivity contribution in [1.82, 2.24) is 35.1 Å². The molecule has 1 amide bonds. The lowest BCUT2D eigenvalue weighted by atomic mass is 10.0. The van der Waals surface area contributed by atoms with E-state index in [4.69, 9.17) is 21.1 Å². The second kappa shape index (κ2) is 25.0. The highest BCUT2D eigenvalue weighted by molar-refractivity contribution is 7.92. The molecule has 3 saturated heterocycles. The third-order valence-corrected chi connectivity index (χ3v) is 15.3. The summed E-state index contributed by atoms with van der Waals surface area (Å²) >= 11 is 6.42. The topological polar surface area (TPSA) is 186 Å². The number of nitrogens with zero attached hydrogens (tertiary/aromatic N) is 9. The fraction of sp³-hybridized carbons (Fsp3) is 0.460. The van der Waals surface area contributed by atoms with Crippen LogP contribution in [0.2, 0.25) is 5.02 Å². The number of anilines is 8. The van der Waals surface area contributed by atoms with Gasteiger partial charge in [0.2, 0.25) is 11.9 Å². The number of sulfone groups is 1. The third-order valence-electron chi connectivity index (χ3n) is 12.8. The predicted octanol–water partition coefficient (Wildman–Crippen LogP) is 5.90. The van der Waals surface area contributed by atoms with Crippen LogP contribution in [0, 0.1) is 5.82 Å². The van der Waals surface area contributed by atoms with Crippen molar-refractivity contribution in [3.8, 4) is 0 Å². The zero-order valence-electron chi connectivity index (χ0n) is 40.5. The van der Waals surface area contributed by atoms with Crippen molar-refractivity contribution in [3.63, 3.8) is 0 Å². The van der Waals surface area contributed by atoms with Gasteiger partial charge in [-0.25, -0.2) is 27.8 Å². The molecule has 18 nitrogen and oxygen atoms in total. The van der Waals surface area contributed by atoms with Gasteiger partial charge in [-0.1, -0.05) is 29.8 Å². The van der Waals surface area contributed by atoms with Crippen molar-refractivity contribution >= 4 is 73.5 Å². The summed E-state index contributed by atoms with van der Waals surface area (Å²) in [5.74, 6) is 2.07. The number of hydrogen-bond acceptors (Lipinski definition) is 17. The molecule has 1 atom stereocenters. The molecular weight excluding hydrogens is 949 g/mol. The lowest BCUT2D eigenvalue weighted by Gasteiger charge is -2.36. The minimum Gasteiger partial charge on any atom is -0.378 e. The van der Waals surface area contributed by atoms with E-state index in [0.717, 1.165) is 114 Å². The number of ether oxygens (including phenoxy) is 2. The number of benzene rings is 3. The van der Waals surface area contributed by atoms with Gasteiger partial charge in [0.15, 0.2) is 15.7 Å². The van der Waals surface area contributed by atoms with Crippen molar-refractivity contribution < 1.29 is 27.1 Å². The van der Waals surface area contributed by atoms with E-state index in [1.165, 1.54) is 12.3 Å². The number of para-hydroxylation sites is 1. The van der Waals surface area contributed by atoms with Gasteiger partial charge >= 0.3 is 0 Å². The summed E-state index contributed by atoms with van der Waals surface area (Å²) in [6.07, 6.45) is 5.14. The Labute approximate surface area is 421 Å². The second-order valence-electron chi connectivity index (χ2n) is 18.1. The van der Waals surface area contributed by atoms with Crippen molar-refractivity contribution in [2.75, 3.05) is 142 Å². The summed E-state index contributed by atoms with van der Waals surface area (Å²) in [6.45, 7) is 15.3. The number of carbonyl (C=O) groups is 1. The van der Waals surface area contributed by atoms with Crippen LogP contribution in [0.3, 0.4) is 0 Å². The van der Waals surface area contributed by atoms with E-state index in [-0.39, 0.29) is 33.5 Å². The summed E-state index contributed by atoms with van der Waals surface area (Å²) in [6, 6.07) is 23.7. The number of piperazine rings is 2. The SMILES string of the molecule is CC(C)S(=O)(=O)c1ccccc1Nc1nc(Nc2ccc(N3CCN(CC(=O)NCCOCCOCCN4CCN(c5cc(N[C@@H]6CCCN(c7cccc(F)c7)C6)ncn5)CC4)CC3)cc2)ncc1Cl. The summed E-state index contributed by atoms with van der Waals surface area (Å²) < 4.78 is 51.4. The van der Waals surface area contributed by atoms with Crippen LogP contribution < -0.4 is 36.0 Å². The number of aromatic nitrogens is 4. The van der Waals surface area contributed by atoms with Crippen molar-refractivity contribution in [2.45, 2.75) is 42.9 Å². The molecule has 3 aliphatic rings. The largest absolute Gasteiger partial charge is 0.378 e. The van der Waals surface area contributed by atoms with E-state index >= 15 is 0 Å². The Morgan fingerprint density at radius 1 is 0.789 bits per heavy atom. The first kappa shape index (κ1) is 51.5. The average molecular weight is 1010 g/mol. The standard InChI is InChI=1S/C50H65ClFN13O5S/c1-37(2)71(67,68)45-11-4-3-10-44(45)59-49-43(51)33-54-50(60-49)58-39-12-14-41(15-13-39)63-22-20-62(21-23-63)35-48(66)53-16-27-69-29-30-70-28-26-61-18-24-64(25-19-61)47-32-46(55-36-56-47)57-40-8-6-17-65(34-40)42-9-5-7-38(52)31-42/h3-5,7,9-15,31-33,36-37,40H,6,8,16-30,34-35H2,1-2H3,(H,53,66)(H,55,56,57)(H2,54,58,59,60)/t40-/m1/s1. The van der Waals surface area contributed by atoms with Crippen molar-refractivity contribution in [1.29, 1.82) is 0 Å². The van der Waals surface area contributed by atoms with E-state index in [0.29, 0.717) is 51.2 Å². The molecule has 0 radical (unpaired) electrons. The van der Waals surface area contributed by atoms with Crippen LogP contribution in [-0.4, -0.2) is 167 Å². The molecule has 5 heterocycles. The van der Waals surface area contributed by atoms with Crippen LogP contribution in [0.1, 0.15) is 26.7 Å². The normalized spacial score (nSPS) is 17.1. The number of nitrogens with one attached hydrogen (secondary N) is 4. The maximum atomic E-state index is 13.8. The van der Waals surface area contributed by atoms with Gasteiger partial charge in [-0.05, 0) is 81.3 Å². The summed E-state index contributed by atoms with van der Waals surface area (Å²) in [4.78, 5) is 42.2. The molecule has 4 N–H and O–H groups in total. The lowest BCUT2D eigenvalue weighted by Crippen LogP contribution is -2.49. The molecule has 0 saturated carbocycles. The maximum Gasteiger partial charge on any atom is 0.234 e. The molecule has 2 aromatic heterocycles. The Morgan fingerprint density at radius 3 is 2.31 bits per heavy atom. The molecule has 380 valence electrons. The molecule has 3 fully saturated rings. The van der Waals surface area contributed by atoms with E-state index in [9.17, 15) is 17.6 Å². The number of halogens is 2. The number of piperidine rings is 1. The Hall–Kier alpha value is -5.90. The quantitative estimate of drug-likeness (QED) is 0.0600. The van der Waals surface area contributed by atoms with E-state index in [2.05, 4.69) is 65.7 Å². The number of carbonyl (C=O) groups excluding carboxylic acids is 1. The van der Waals surface area contributed by atoms with Crippen LogP contribution in [0.4, 0.5) is 50.5 Å². The first-order chi connectivity index (χ1) is 34.5. The van der Waals surface area contributed by atoms with Gasteiger partial charge in [-0.2, -0.15) is 4.98 Å². The van der Waals surface area contributed by atoms with Gasteiger partial charge in [-0.15, -0.1) is 0 Å². The first-order valence-electron chi connectivity index (χ1n) is 24.4. The van der Waals surface area contributed by atoms with Crippen LogP contribution in [0.25, 0.3) is 0 Å². The van der Waals surface area contributed by atoms with Gasteiger partial charge in [0.25, 0.3) is 0 Å². The Balaban J connectivity index is 0.652. The van der Waals surface area contributed by atoms with E-state index in [1.807, 2.05) is 36.4 Å². The summed E-state index contributed by atoms with van der Waals surface area (Å²) in [7, 11) is -3.55. The fourth-order valence-corrected chi connectivity index (χ4v) is 10.2. The van der Waals surface area contributed by atoms with Crippen LogP contribution >= 0.6 is 11.6 Å². The second-order valence-corrected chi connectivity index (χ2v) is 21.0. The predicted molar refractivity (Wildman–Crippen MR) is 278 cm³/mol. The zero-order valence-corrected chi connectivity index (χ0v) is 42.1. The molecule has 21 heteroatoms. The molecular formula is C50H65ClFN13O5S. The smallest absolute Gasteiger partial charge is 0.234 e. The number of rotatable bonds is 22. The molecule has 0 aliphatic carbocycles. The van der Waals surface area contributed by atoms with Crippen LogP contribution in [0.15, 0.2) is 96.3 Å². The molecule has 5 aromatic rings. The molecule has 3 aliphatic heterocycles. The summed E-state index contributed by atoms with van der Waals surface area (Å²) in [5.41, 5.74) is 3.14. The fourth-order valence-electron chi connectivity index (χ4n) is 8.81. The maximum absolute atomic E-state index is 13.8. The van der Waals surface area contributed by atoms with Crippen molar-refractivity contribution in [2.24, 2.45) is 0 Å². The minimum absolute atomic E-state index is 0.0204. The lowest BCUT2D eigenvalue weighted by molar-refractivity contribution is -0.122. The first-order valence-corrected chi connectivity index (χ1v) is 26.3. The highest BCUT2D eigenvalue weighted by Gasteiger charge is 2.25. The van der Waals surface area contributed by atoms with Crippen LogP contribution in [-0.2, 0) is 24.1 Å². The molecule has 71 heavy (non-hydrogen) atoms.